The van der Waals surface area contributed by atoms with E-state index in [0.717, 1.165) is 5.56 Å². The molecule has 2 aromatic rings. The fraction of sp³-hybridized carbons (Fsp3) is 0.278. The van der Waals surface area contributed by atoms with Crippen molar-refractivity contribution in [3.8, 4) is 0 Å². The molecule has 0 fully saturated rings. The molecular formula is C18H22N2O3S. The van der Waals surface area contributed by atoms with Gasteiger partial charge in [0, 0.05) is 31.9 Å². The molecule has 0 aliphatic carbocycles. The summed E-state index contributed by atoms with van der Waals surface area (Å²) < 4.78 is 27.9. The lowest BCUT2D eigenvalue weighted by Crippen LogP contribution is -2.31. The molecule has 5 nitrogen and oxygen atoms in total. The molecule has 1 aromatic carbocycles. The van der Waals surface area contributed by atoms with Gasteiger partial charge in [-0.15, -0.1) is 0 Å². The average molecular weight is 346 g/mol. The van der Waals surface area contributed by atoms with Crippen LogP contribution in [0.5, 0.6) is 0 Å². The molecule has 0 unspecified atom stereocenters. The van der Waals surface area contributed by atoms with Crippen LogP contribution >= 0.6 is 0 Å². The van der Waals surface area contributed by atoms with Crippen molar-refractivity contribution < 1.29 is 8.42 Å². The van der Waals surface area contributed by atoms with Crippen molar-refractivity contribution in [1.29, 1.82) is 0 Å². The Morgan fingerprint density at radius 3 is 2.33 bits per heavy atom. The van der Waals surface area contributed by atoms with Gasteiger partial charge in [-0.1, -0.05) is 56.3 Å². The number of rotatable bonds is 7. The molecule has 0 amide bonds. The average Bonchev–Trinajstić information content (AvgIpc) is 2.58. The van der Waals surface area contributed by atoms with E-state index in [2.05, 4.69) is 0 Å². The van der Waals surface area contributed by atoms with Crippen molar-refractivity contribution in [3.63, 3.8) is 0 Å². The second kappa shape index (κ2) is 8.08. The molecule has 0 bridgehead atoms. The number of pyridine rings is 1. The zero-order chi connectivity index (χ0) is 17.6. The normalized spacial score (nSPS) is 12.1. The minimum atomic E-state index is -3.57. The predicted molar refractivity (Wildman–Crippen MR) is 96.3 cm³/mol. The van der Waals surface area contributed by atoms with Crippen LogP contribution in [0.15, 0.2) is 64.4 Å². The Morgan fingerprint density at radius 1 is 1.04 bits per heavy atom. The first kappa shape index (κ1) is 18.2. The second-order valence-electron chi connectivity index (χ2n) is 5.26. The lowest BCUT2D eigenvalue weighted by atomic mass is 10.2. The molecule has 0 saturated heterocycles. The summed E-state index contributed by atoms with van der Waals surface area (Å²) in [4.78, 5) is 12.1. The smallest absolute Gasteiger partial charge is 0.250 e. The van der Waals surface area contributed by atoms with Crippen LogP contribution in [0.4, 0.5) is 0 Å². The Morgan fingerprint density at radius 2 is 1.71 bits per heavy atom. The highest BCUT2D eigenvalue weighted by molar-refractivity contribution is 7.89. The molecular weight excluding hydrogens is 324 g/mol. The van der Waals surface area contributed by atoms with Gasteiger partial charge in [-0.3, -0.25) is 4.79 Å². The van der Waals surface area contributed by atoms with Gasteiger partial charge >= 0.3 is 0 Å². The first-order chi connectivity index (χ1) is 11.5. The molecule has 2 rings (SSSR count). The van der Waals surface area contributed by atoms with Gasteiger partial charge in [-0.25, -0.2) is 8.42 Å². The van der Waals surface area contributed by atoms with E-state index in [0.29, 0.717) is 19.6 Å². The molecule has 0 atom stereocenters. The van der Waals surface area contributed by atoms with E-state index in [-0.39, 0.29) is 10.5 Å². The van der Waals surface area contributed by atoms with Gasteiger partial charge < -0.3 is 4.57 Å². The van der Waals surface area contributed by atoms with Crippen LogP contribution in [-0.4, -0.2) is 30.4 Å². The molecule has 128 valence electrons. The first-order valence-corrected chi connectivity index (χ1v) is 9.35. The van der Waals surface area contributed by atoms with Gasteiger partial charge in [0.2, 0.25) is 10.0 Å². The van der Waals surface area contributed by atoms with Gasteiger partial charge in [-0.2, -0.15) is 4.31 Å². The second-order valence-corrected chi connectivity index (χ2v) is 7.20. The highest BCUT2D eigenvalue weighted by atomic mass is 32.2. The van der Waals surface area contributed by atoms with Crippen molar-refractivity contribution in [1.82, 2.24) is 8.87 Å². The van der Waals surface area contributed by atoms with Crippen molar-refractivity contribution in [2.45, 2.75) is 25.3 Å². The van der Waals surface area contributed by atoms with Crippen LogP contribution in [0, 0.1) is 0 Å². The Labute approximate surface area is 142 Å². The quantitative estimate of drug-likeness (QED) is 0.774. The Bertz CT molecular complexity index is 851. The van der Waals surface area contributed by atoms with Gasteiger partial charge in [0.25, 0.3) is 5.56 Å². The monoisotopic (exact) mass is 346 g/mol. The molecule has 0 saturated carbocycles. The molecule has 24 heavy (non-hydrogen) atoms. The minimum Gasteiger partial charge on any atom is -0.310 e. The Hall–Kier alpha value is -2.18. The summed E-state index contributed by atoms with van der Waals surface area (Å²) in [6.45, 7) is 4.69. The van der Waals surface area contributed by atoms with Crippen molar-refractivity contribution in [2.75, 3.05) is 13.1 Å². The van der Waals surface area contributed by atoms with E-state index in [1.54, 1.807) is 13.8 Å². The standard InChI is InChI=1S/C18H22N2O3S/c1-3-20(4-2)24(22,23)17-12-13-18(21)19(15-17)14-8-11-16-9-6-5-7-10-16/h5-13,15H,3-4,14H2,1-2H3/b11-8+. The number of sulfonamides is 1. The molecule has 0 spiro atoms. The summed E-state index contributed by atoms with van der Waals surface area (Å²) >= 11 is 0. The van der Waals surface area contributed by atoms with Gasteiger partial charge in [0.15, 0.2) is 0 Å². The molecule has 6 heteroatoms. The van der Waals surface area contributed by atoms with E-state index in [4.69, 9.17) is 0 Å². The van der Waals surface area contributed by atoms with E-state index in [1.807, 2.05) is 42.5 Å². The lowest BCUT2D eigenvalue weighted by Gasteiger charge is -2.18. The van der Waals surface area contributed by atoms with Crippen LogP contribution in [-0.2, 0) is 16.6 Å². The van der Waals surface area contributed by atoms with Crippen LogP contribution in [0.25, 0.3) is 6.08 Å². The van der Waals surface area contributed by atoms with Gasteiger partial charge in [0.1, 0.15) is 0 Å². The number of nitrogens with zero attached hydrogens (tertiary/aromatic N) is 2. The number of hydrogen-bond acceptors (Lipinski definition) is 3. The molecule has 1 aromatic heterocycles. The summed E-state index contributed by atoms with van der Waals surface area (Å²) in [5.41, 5.74) is 0.795. The molecule has 0 radical (unpaired) electrons. The van der Waals surface area contributed by atoms with Crippen molar-refractivity contribution in [2.24, 2.45) is 0 Å². The van der Waals surface area contributed by atoms with E-state index in [1.165, 1.54) is 27.2 Å². The van der Waals surface area contributed by atoms with E-state index < -0.39 is 10.0 Å². The SMILES string of the molecule is CCN(CC)S(=O)(=O)c1ccc(=O)n(C/C=C/c2ccccc2)c1. The van der Waals surface area contributed by atoms with Crippen LogP contribution < -0.4 is 5.56 Å². The minimum absolute atomic E-state index is 0.138. The third kappa shape index (κ3) is 4.21. The fourth-order valence-electron chi connectivity index (χ4n) is 2.38. The fourth-order valence-corrected chi connectivity index (χ4v) is 3.86. The maximum Gasteiger partial charge on any atom is 0.250 e. The topological polar surface area (TPSA) is 59.4 Å². The molecule has 0 N–H and O–H groups in total. The largest absolute Gasteiger partial charge is 0.310 e. The third-order valence-corrected chi connectivity index (χ3v) is 5.74. The summed E-state index contributed by atoms with van der Waals surface area (Å²) in [5, 5.41) is 0. The summed E-state index contributed by atoms with van der Waals surface area (Å²) in [5.74, 6) is 0. The predicted octanol–water partition coefficient (Wildman–Crippen LogP) is 2.59. The zero-order valence-corrected chi connectivity index (χ0v) is 14.7. The Kier molecular flexibility index (Phi) is 6.11. The number of hydrogen-bond donors (Lipinski definition) is 0. The van der Waals surface area contributed by atoms with Crippen molar-refractivity contribution >= 4 is 16.1 Å². The molecule has 0 aliphatic rings. The lowest BCUT2D eigenvalue weighted by molar-refractivity contribution is 0.444. The summed E-state index contributed by atoms with van der Waals surface area (Å²) in [6, 6.07) is 12.4. The highest BCUT2D eigenvalue weighted by Crippen LogP contribution is 2.13. The highest BCUT2D eigenvalue weighted by Gasteiger charge is 2.22. The molecule has 0 aliphatic heterocycles. The van der Waals surface area contributed by atoms with Crippen LogP contribution in [0.1, 0.15) is 19.4 Å². The van der Waals surface area contributed by atoms with E-state index >= 15 is 0 Å². The number of benzene rings is 1. The maximum atomic E-state index is 12.5. The summed E-state index contributed by atoms with van der Waals surface area (Å²) in [7, 11) is -3.57. The number of allylic oxidation sites excluding steroid dienone is 1. The molecule has 1 heterocycles. The summed E-state index contributed by atoms with van der Waals surface area (Å²) in [6.07, 6.45) is 5.15. The van der Waals surface area contributed by atoms with E-state index in [9.17, 15) is 13.2 Å². The maximum absolute atomic E-state index is 12.5. The van der Waals surface area contributed by atoms with Crippen LogP contribution in [0.3, 0.4) is 0 Å². The first-order valence-electron chi connectivity index (χ1n) is 7.91. The third-order valence-electron chi connectivity index (χ3n) is 3.71. The number of aromatic nitrogens is 1. The van der Waals surface area contributed by atoms with Gasteiger partial charge in [0.05, 0.1) is 4.90 Å². The Balaban J connectivity index is 2.26. The van der Waals surface area contributed by atoms with Crippen molar-refractivity contribution in [3.05, 3.63) is 70.7 Å². The van der Waals surface area contributed by atoms with Crippen LogP contribution in [0.2, 0.25) is 0 Å². The zero-order valence-electron chi connectivity index (χ0n) is 13.9. The van der Waals surface area contributed by atoms with Gasteiger partial charge in [-0.05, 0) is 11.6 Å².